The smallest absolute Gasteiger partial charge is 0.224 e. The van der Waals surface area contributed by atoms with Crippen molar-refractivity contribution in [3.05, 3.63) is 59.8 Å². The molecular formula is C23H28N2O3. The average Bonchev–Trinajstić information content (AvgIpc) is 3.05. The molecule has 0 bridgehead atoms. The number of nitrogens with one attached hydrogen (secondary N) is 1. The molecule has 0 atom stereocenters. The van der Waals surface area contributed by atoms with Crippen molar-refractivity contribution in [2.24, 2.45) is 0 Å². The zero-order valence-electron chi connectivity index (χ0n) is 16.8. The molecule has 2 aromatic carbocycles. The molecule has 1 aromatic heterocycles. The lowest BCUT2D eigenvalue weighted by atomic mass is 10.1. The number of fused-ring (bicyclic) bond motifs is 1. The zero-order chi connectivity index (χ0) is 19.9. The minimum Gasteiger partial charge on any atom is -0.497 e. The molecule has 148 valence electrons. The summed E-state index contributed by atoms with van der Waals surface area (Å²) in [6.45, 7) is 3.52. The first kappa shape index (κ1) is 19.8. The lowest BCUT2D eigenvalue weighted by Gasteiger charge is -2.10. The van der Waals surface area contributed by atoms with Crippen LogP contribution in [0.5, 0.6) is 11.5 Å². The van der Waals surface area contributed by atoms with E-state index in [-0.39, 0.29) is 5.91 Å². The first-order valence-corrected chi connectivity index (χ1v) is 9.70. The van der Waals surface area contributed by atoms with Crippen molar-refractivity contribution in [1.29, 1.82) is 0 Å². The van der Waals surface area contributed by atoms with Crippen LogP contribution in [0.4, 0.5) is 0 Å². The monoisotopic (exact) mass is 380 g/mol. The van der Waals surface area contributed by atoms with Crippen LogP contribution < -0.4 is 14.8 Å². The molecule has 0 unspecified atom stereocenters. The Hall–Kier alpha value is -2.95. The summed E-state index contributed by atoms with van der Waals surface area (Å²) in [6, 6.07) is 14.1. The highest BCUT2D eigenvalue weighted by Gasteiger charge is 2.12. The summed E-state index contributed by atoms with van der Waals surface area (Å²) in [6.07, 6.45) is 4.55. The summed E-state index contributed by atoms with van der Waals surface area (Å²) >= 11 is 0. The fourth-order valence-electron chi connectivity index (χ4n) is 3.39. The van der Waals surface area contributed by atoms with Gasteiger partial charge < -0.3 is 19.4 Å². The highest BCUT2D eigenvalue weighted by molar-refractivity contribution is 5.89. The first-order valence-electron chi connectivity index (χ1n) is 9.70. The Labute approximate surface area is 166 Å². The summed E-state index contributed by atoms with van der Waals surface area (Å²) in [4.78, 5) is 12.3. The molecule has 0 saturated carbocycles. The number of carbonyl (C=O) groups is 1. The van der Waals surface area contributed by atoms with E-state index >= 15 is 0 Å². The third kappa shape index (κ3) is 4.66. The molecule has 5 heteroatoms. The fraction of sp³-hybridized carbons (Fsp3) is 0.348. The second kappa shape index (κ2) is 9.31. The van der Waals surface area contributed by atoms with Crippen LogP contribution in [0.1, 0.15) is 30.9 Å². The molecule has 3 aromatic rings. The topological polar surface area (TPSA) is 52.5 Å². The molecule has 0 saturated heterocycles. The third-order valence-corrected chi connectivity index (χ3v) is 4.84. The molecule has 1 N–H and O–H groups in total. The van der Waals surface area contributed by atoms with Crippen LogP contribution in [-0.4, -0.2) is 31.2 Å². The Morgan fingerprint density at radius 1 is 1.07 bits per heavy atom. The van der Waals surface area contributed by atoms with Gasteiger partial charge in [0.25, 0.3) is 0 Å². The van der Waals surface area contributed by atoms with Crippen molar-refractivity contribution < 1.29 is 14.3 Å². The number of nitrogens with zero attached hydrogens (tertiary/aromatic N) is 1. The molecule has 28 heavy (non-hydrogen) atoms. The Balaban J connectivity index is 1.87. The number of para-hydroxylation sites is 1. The lowest BCUT2D eigenvalue weighted by molar-refractivity contribution is -0.120. The molecule has 0 aliphatic rings. The molecule has 0 aliphatic heterocycles. The largest absolute Gasteiger partial charge is 0.497 e. The van der Waals surface area contributed by atoms with E-state index in [0.717, 1.165) is 52.9 Å². The number of rotatable bonds is 9. The normalized spacial score (nSPS) is 10.8. The van der Waals surface area contributed by atoms with E-state index in [2.05, 4.69) is 35.1 Å². The maximum Gasteiger partial charge on any atom is 0.224 e. The lowest BCUT2D eigenvalue weighted by Crippen LogP contribution is -2.25. The summed E-state index contributed by atoms with van der Waals surface area (Å²) in [5, 5.41) is 4.12. The number of hydrogen-bond acceptors (Lipinski definition) is 3. The minimum atomic E-state index is 0.0689. The van der Waals surface area contributed by atoms with Gasteiger partial charge in [0.1, 0.15) is 11.5 Å². The SMILES string of the molecule is CCCCNC(=O)Cc1cn(Cc2cc(OC)cc(OC)c2)c2ccccc12. The molecule has 5 nitrogen and oxygen atoms in total. The number of methoxy groups -OCH3 is 2. The van der Waals surface area contributed by atoms with Crippen molar-refractivity contribution >= 4 is 16.8 Å². The predicted octanol–water partition coefficient (Wildman–Crippen LogP) is 4.17. The molecule has 0 aliphatic carbocycles. The van der Waals surface area contributed by atoms with Crippen LogP contribution in [0, 0.1) is 0 Å². The van der Waals surface area contributed by atoms with Crippen LogP contribution >= 0.6 is 0 Å². The van der Waals surface area contributed by atoms with E-state index in [1.54, 1.807) is 14.2 Å². The number of benzene rings is 2. The van der Waals surface area contributed by atoms with Gasteiger partial charge in [-0.05, 0) is 35.7 Å². The van der Waals surface area contributed by atoms with Gasteiger partial charge in [0.05, 0.1) is 20.6 Å². The minimum absolute atomic E-state index is 0.0689. The standard InChI is InChI=1S/C23H28N2O3/c1-4-5-10-24-23(26)13-18-16-25(22-9-7-6-8-21(18)22)15-17-11-19(27-2)14-20(12-17)28-3/h6-9,11-12,14,16H,4-5,10,13,15H2,1-3H3,(H,24,26). The Morgan fingerprint density at radius 2 is 1.79 bits per heavy atom. The highest BCUT2D eigenvalue weighted by atomic mass is 16.5. The second-order valence-corrected chi connectivity index (χ2v) is 6.90. The number of hydrogen-bond donors (Lipinski definition) is 1. The van der Waals surface area contributed by atoms with Gasteiger partial charge in [0.15, 0.2) is 0 Å². The number of ether oxygens (including phenoxy) is 2. The third-order valence-electron chi connectivity index (χ3n) is 4.84. The van der Waals surface area contributed by atoms with Gasteiger partial charge in [0.2, 0.25) is 5.91 Å². The molecule has 1 amide bonds. The van der Waals surface area contributed by atoms with E-state index in [1.807, 2.05) is 30.3 Å². The number of carbonyl (C=O) groups excluding carboxylic acids is 1. The van der Waals surface area contributed by atoms with Gasteiger partial charge in [-0.3, -0.25) is 4.79 Å². The Morgan fingerprint density at radius 3 is 2.46 bits per heavy atom. The van der Waals surface area contributed by atoms with Crippen LogP contribution in [0.2, 0.25) is 0 Å². The van der Waals surface area contributed by atoms with Crippen molar-refractivity contribution in [1.82, 2.24) is 9.88 Å². The predicted molar refractivity (Wildman–Crippen MR) is 112 cm³/mol. The van der Waals surface area contributed by atoms with Crippen molar-refractivity contribution in [2.75, 3.05) is 20.8 Å². The van der Waals surface area contributed by atoms with E-state index in [9.17, 15) is 4.79 Å². The maximum atomic E-state index is 12.3. The van der Waals surface area contributed by atoms with E-state index in [4.69, 9.17) is 9.47 Å². The van der Waals surface area contributed by atoms with E-state index < -0.39 is 0 Å². The quantitative estimate of drug-likeness (QED) is 0.567. The van der Waals surface area contributed by atoms with Gasteiger partial charge in [-0.25, -0.2) is 0 Å². The molecule has 0 radical (unpaired) electrons. The number of unbranched alkanes of at least 4 members (excludes halogenated alkanes) is 1. The van der Waals surface area contributed by atoms with Crippen molar-refractivity contribution in [3.63, 3.8) is 0 Å². The second-order valence-electron chi connectivity index (χ2n) is 6.90. The van der Waals surface area contributed by atoms with Crippen LogP contribution in [-0.2, 0) is 17.8 Å². The van der Waals surface area contributed by atoms with Gasteiger partial charge in [-0.1, -0.05) is 31.5 Å². The maximum absolute atomic E-state index is 12.3. The van der Waals surface area contributed by atoms with Gasteiger partial charge in [-0.15, -0.1) is 0 Å². The summed E-state index contributed by atoms with van der Waals surface area (Å²) in [5.74, 6) is 1.60. The van der Waals surface area contributed by atoms with Crippen LogP contribution in [0.25, 0.3) is 10.9 Å². The summed E-state index contributed by atoms with van der Waals surface area (Å²) in [7, 11) is 3.30. The Kier molecular flexibility index (Phi) is 6.58. The van der Waals surface area contributed by atoms with E-state index in [0.29, 0.717) is 13.0 Å². The summed E-state index contributed by atoms with van der Waals surface area (Å²) in [5.41, 5.74) is 3.23. The molecule has 3 rings (SSSR count). The number of amides is 1. The molecule has 0 fully saturated rings. The van der Waals surface area contributed by atoms with Gasteiger partial charge >= 0.3 is 0 Å². The number of aromatic nitrogens is 1. The van der Waals surface area contributed by atoms with Gasteiger partial charge in [-0.2, -0.15) is 0 Å². The summed E-state index contributed by atoms with van der Waals surface area (Å²) < 4.78 is 12.9. The van der Waals surface area contributed by atoms with Crippen LogP contribution in [0.15, 0.2) is 48.7 Å². The molecule has 1 heterocycles. The molecule has 0 spiro atoms. The molecular weight excluding hydrogens is 352 g/mol. The highest BCUT2D eigenvalue weighted by Crippen LogP contribution is 2.26. The van der Waals surface area contributed by atoms with Crippen molar-refractivity contribution in [2.45, 2.75) is 32.7 Å². The average molecular weight is 380 g/mol. The van der Waals surface area contributed by atoms with Gasteiger partial charge in [0, 0.05) is 36.3 Å². The Bertz CT molecular complexity index is 924. The first-order chi connectivity index (χ1) is 13.6. The van der Waals surface area contributed by atoms with E-state index in [1.165, 1.54) is 0 Å². The fourth-order valence-corrected chi connectivity index (χ4v) is 3.39. The van der Waals surface area contributed by atoms with Crippen molar-refractivity contribution in [3.8, 4) is 11.5 Å². The zero-order valence-corrected chi connectivity index (χ0v) is 16.8. The van der Waals surface area contributed by atoms with Crippen LogP contribution in [0.3, 0.4) is 0 Å².